The van der Waals surface area contributed by atoms with E-state index in [1.54, 1.807) is 11.3 Å². The molecule has 2 N–H and O–H groups in total. The summed E-state index contributed by atoms with van der Waals surface area (Å²) in [6, 6.07) is 0.159. The van der Waals surface area contributed by atoms with Crippen molar-refractivity contribution in [3.05, 3.63) is 10.6 Å². The molecule has 21 heavy (non-hydrogen) atoms. The molecule has 1 aliphatic heterocycles. The first-order valence-corrected chi connectivity index (χ1v) is 8.80. The fourth-order valence-corrected chi connectivity index (χ4v) is 4.59. The lowest BCUT2D eigenvalue weighted by Gasteiger charge is -2.32. The highest BCUT2D eigenvalue weighted by Crippen LogP contribution is 2.43. The molecule has 5 heteroatoms. The molecule has 1 saturated heterocycles. The number of aromatic nitrogens is 1. The molecule has 2 aliphatic rings. The van der Waals surface area contributed by atoms with Crippen LogP contribution in [0.2, 0.25) is 0 Å². The number of fused-ring (bicyclic) bond motifs is 1. The van der Waals surface area contributed by atoms with E-state index >= 15 is 0 Å². The fraction of sp³-hybridized carbons (Fsp3) is 0.812. The van der Waals surface area contributed by atoms with Gasteiger partial charge < -0.3 is 15.4 Å². The number of nitrogens with two attached hydrogens (primary N) is 1. The van der Waals surface area contributed by atoms with Crippen molar-refractivity contribution in [2.75, 3.05) is 31.7 Å². The highest BCUT2D eigenvalue weighted by molar-refractivity contribution is 7.15. The normalized spacial score (nSPS) is 25.6. The molecular weight excluding hydrogens is 282 g/mol. The SMILES string of the molecule is CN(CC1CCOCC1)c1nc2c(s1)C(N)CC(C)(C)C2. The molecule has 1 aromatic heterocycles. The van der Waals surface area contributed by atoms with Crippen molar-refractivity contribution < 1.29 is 4.74 Å². The molecule has 0 aromatic carbocycles. The lowest BCUT2D eigenvalue weighted by Crippen LogP contribution is -2.29. The highest BCUT2D eigenvalue weighted by Gasteiger charge is 2.33. The Morgan fingerprint density at radius 1 is 1.38 bits per heavy atom. The van der Waals surface area contributed by atoms with Crippen molar-refractivity contribution in [1.29, 1.82) is 0 Å². The van der Waals surface area contributed by atoms with E-state index in [0.717, 1.165) is 43.6 Å². The molecule has 118 valence electrons. The van der Waals surface area contributed by atoms with E-state index in [9.17, 15) is 0 Å². The zero-order chi connectivity index (χ0) is 15.0. The Morgan fingerprint density at radius 2 is 2.10 bits per heavy atom. The smallest absolute Gasteiger partial charge is 0.185 e. The molecule has 4 nitrogen and oxygen atoms in total. The van der Waals surface area contributed by atoms with Gasteiger partial charge in [0.15, 0.2) is 5.13 Å². The highest BCUT2D eigenvalue weighted by atomic mass is 32.1. The minimum absolute atomic E-state index is 0.159. The molecule has 0 amide bonds. The van der Waals surface area contributed by atoms with Crippen molar-refractivity contribution in [2.24, 2.45) is 17.1 Å². The number of rotatable bonds is 3. The minimum Gasteiger partial charge on any atom is -0.381 e. The quantitative estimate of drug-likeness (QED) is 0.932. The third-order valence-corrected chi connectivity index (χ3v) is 6.01. The van der Waals surface area contributed by atoms with Crippen LogP contribution in [0.4, 0.5) is 5.13 Å². The summed E-state index contributed by atoms with van der Waals surface area (Å²) in [5.74, 6) is 0.731. The first-order chi connectivity index (χ1) is 9.94. The standard InChI is InChI=1S/C16H27N3OS/c1-16(2)8-12(17)14-13(9-16)18-15(21-14)19(3)10-11-4-6-20-7-5-11/h11-12H,4-10,17H2,1-3H3. The molecule has 1 atom stereocenters. The van der Waals surface area contributed by atoms with E-state index in [4.69, 9.17) is 15.5 Å². The van der Waals surface area contributed by atoms with Crippen molar-refractivity contribution in [3.63, 3.8) is 0 Å². The zero-order valence-corrected chi connectivity index (χ0v) is 14.2. The molecule has 1 unspecified atom stereocenters. The fourth-order valence-electron chi connectivity index (χ4n) is 3.54. The van der Waals surface area contributed by atoms with E-state index in [0.29, 0.717) is 0 Å². The molecule has 0 spiro atoms. The van der Waals surface area contributed by atoms with E-state index in [1.165, 1.54) is 23.4 Å². The Balaban J connectivity index is 1.71. The van der Waals surface area contributed by atoms with E-state index in [-0.39, 0.29) is 11.5 Å². The first-order valence-electron chi connectivity index (χ1n) is 7.99. The van der Waals surface area contributed by atoms with Gasteiger partial charge in [0.25, 0.3) is 0 Å². The van der Waals surface area contributed by atoms with Crippen LogP contribution in [0.5, 0.6) is 0 Å². The Morgan fingerprint density at radius 3 is 2.81 bits per heavy atom. The summed E-state index contributed by atoms with van der Waals surface area (Å²) in [6.45, 7) is 7.48. The summed E-state index contributed by atoms with van der Waals surface area (Å²) in [7, 11) is 2.16. The van der Waals surface area contributed by atoms with E-state index in [1.807, 2.05) is 0 Å². The van der Waals surface area contributed by atoms with Crippen LogP contribution in [0.25, 0.3) is 0 Å². The number of nitrogens with zero attached hydrogens (tertiary/aromatic N) is 2. The van der Waals surface area contributed by atoms with Gasteiger partial charge in [-0.25, -0.2) is 4.98 Å². The molecule has 1 aromatic rings. The van der Waals surface area contributed by atoms with Gasteiger partial charge in [-0.15, -0.1) is 11.3 Å². The maximum absolute atomic E-state index is 6.36. The van der Waals surface area contributed by atoms with Crippen LogP contribution in [-0.2, 0) is 11.2 Å². The van der Waals surface area contributed by atoms with Crippen molar-refractivity contribution in [2.45, 2.75) is 45.6 Å². The summed E-state index contributed by atoms with van der Waals surface area (Å²) in [5, 5.41) is 1.14. The second kappa shape index (κ2) is 5.86. The number of ether oxygens (including phenoxy) is 1. The maximum atomic E-state index is 6.36. The largest absolute Gasteiger partial charge is 0.381 e. The van der Waals surface area contributed by atoms with Crippen LogP contribution in [0.1, 0.15) is 49.7 Å². The van der Waals surface area contributed by atoms with Gasteiger partial charge in [0.05, 0.1) is 5.69 Å². The van der Waals surface area contributed by atoms with Crippen LogP contribution < -0.4 is 10.6 Å². The average molecular weight is 309 g/mol. The van der Waals surface area contributed by atoms with Gasteiger partial charge in [-0.05, 0) is 37.0 Å². The van der Waals surface area contributed by atoms with Gasteiger partial charge in [-0.2, -0.15) is 0 Å². The minimum atomic E-state index is 0.159. The lowest BCUT2D eigenvalue weighted by atomic mass is 9.77. The van der Waals surface area contributed by atoms with Crippen LogP contribution in [0.15, 0.2) is 0 Å². The van der Waals surface area contributed by atoms with Crippen molar-refractivity contribution in [1.82, 2.24) is 4.98 Å². The summed E-state index contributed by atoms with van der Waals surface area (Å²) in [5.41, 5.74) is 7.86. The van der Waals surface area contributed by atoms with Crippen LogP contribution in [0, 0.1) is 11.3 Å². The molecule has 0 radical (unpaired) electrons. The van der Waals surface area contributed by atoms with Crippen molar-refractivity contribution in [3.8, 4) is 0 Å². The van der Waals surface area contributed by atoms with Crippen LogP contribution in [0.3, 0.4) is 0 Å². The second-order valence-electron chi connectivity index (χ2n) is 7.40. The van der Waals surface area contributed by atoms with E-state index < -0.39 is 0 Å². The summed E-state index contributed by atoms with van der Waals surface area (Å²) < 4.78 is 5.44. The predicted molar refractivity (Wildman–Crippen MR) is 88.0 cm³/mol. The third-order valence-electron chi connectivity index (χ3n) is 4.67. The molecule has 1 fully saturated rings. The van der Waals surface area contributed by atoms with Gasteiger partial charge in [-0.3, -0.25) is 0 Å². The third kappa shape index (κ3) is 3.41. The summed E-state index contributed by atoms with van der Waals surface area (Å²) in [6.07, 6.45) is 4.45. The van der Waals surface area contributed by atoms with Gasteiger partial charge >= 0.3 is 0 Å². The number of anilines is 1. The Kier molecular flexibility index (Phi) is 4.26. The molecule has 3 rings (SSSR count). The van der Waals surface area contributed by atoms with Crippen LogP contribution in [-0.4, -0.2) is 31.8 Å². The topological polar surface area (TPSA) is 51.4 Å². The van der Waals surface area contributed by atoms with Gasteiger partial charge in [-0.1, -0.05) is 13.8 Å². The number of thiazole rings is 1. The first kappa shape index (κ1) is 15.3. The molecular formula is C16H27N3OS. The molecule has 1 aliphatic carbocycles. The number of hydrogen-bond acceptors (Lipinski definition) is 5. The Labute approximate surface area is 131 Å². The molecule has 2 heterocycles. The summed E-state index contributed by atoms with van der Waals surface area (Å²) in [4.78, 5) is 8.52. The zero-order valence-electron chi connectivity index (χ0n) is 13.4. The van der Waals surface area contributed by atoms with Crippen LogP contribution >= 0.6 is 11.3 Å². The van der Waals surface area contributed by atoms with E-state index in [2.05, 4.69) is 25.8 Å². The van der Waals surface area contributed by atoms with Gasteiger partial charge in [0.1, 0.15) is 0 Å². The van der Waals surface area contributed by atoms with Gasteiger partial charge in [0, 0.05) is 37.7 Å². The average Bonchev–Trinajstić information content (AvgIpc) is 2.82. The Hall–Kier alpha value is -0.650. The lowest BCUT2D eigenvalue weighted by molar-refractivity contribution is 0.0685. The molecule has 0 bridgehead atoms. The van der Waals surface area contributed by atoms with Gasteiger partial charge in [0.2, 0.25) is 0 Å². The Bertz CT molecular complexity index is 494. The van der Waals surface area contributed by atoms with Crippen molar-refractivity contribution >= 4 is 16.5 Å². The monoisotopic (exact) mass is 309 g/mol. The maximum Gasteiger partial charge on any atom is 0.185 e. The number of hydrogen-bond donors (Lipinski definition) is 1. The second-order valence-corrected chi connectivity index (χ2v) is 8.40. The molecule has 0 saturated carbocycles. The predicted octanol–water partition coefficient (Wildman–Crippen LogP) is 2.98. The summed E-state index contributed by atoms with van der Waals surface area (Å²) >= 11 is 1.80.